The molecule has 0 aromatic rings. The first kappa shape index (κ1) is 10.9. The van der Waals surface area contributed by atoms with Crippen LogP contribution in [-0.2, 0) is 4.79 Å². The van der Waals surface area contributed by atoms with Crippen molar-refractivity contribution in [2.45, 2.75) is 25.7 Å². The molecule has 1 heterocycles. The van der Waals surface area contributed by atoms with Crippen molar-refractivity contribution in [3.8, 4) is 6.07 Å². The molecule has 1 saturated heterocycles. The highest BCUT2D eigenvalue weighted by Crippen LogP contribution is 2.22. The van der Waals surface area contributed by atoms with Crippen molar-refractivity contribution in [1.29, 1.82) is 5.26 Å². The summed E-state index contributed by atoms with van der Waals surface area (Å²) in [5.41, 5.74) is 0. The van der Waals surface area contributed by atoms with E-state index in [0.29, 0.717) is 19.4 Å². The number of nitriles is 1. The summed E-state index contributed by atoms with van der Waals surface area (Å²) < 4.78 is 24.7. The van der Waals surface area contributed by atoms with Gasteiger partial charge in [0.25, 0.3) is 0 Å². The molecule has 3 nitrogen and oxygen atoms in total. The third-order valence-electron chi connectivity index (χ3n) is 2.40. The van der Waals surface area contributed by atoms with Crippen molar-refractivity contribution >= 4 is 5.91 Å². The van der Waals surface area contributed by atoms with Gasteiger partial charge in [-0.25, -0.2) is 8.78 Å². The monoisotopic (exact) mass is 202 g/mol. The molecule has 1 aliphatic rings. The maximum Gasteiger partial charge on any atom is 0.243 e. The van der Waals surface area contributed by atoms with E-state index in [9.17, 15) is 13.6 Å². The van der Waals surface area contributed by atoms with Crippen LogP contribution < -0.4 is 0 Å². The summed E-state index contributed by atoms with van der Waals surface area (Å²) in [4.78, 5) is 12.6. The van der Waals surface area contributed by atoms with Gasteiger partial charge in [0.2, 0.25) is 12.3 Å². The van der Waals surface area contributed by atoms with Crippen LogP contribution >= 0.6 is 0 Å². The van der Waals surface area contributed by atoms with E-state index in [0.717, 1.165) is 0 Å². The predicted molar refractivity (Wildman–Crippen MR) is 45.5 cm³/mol. The molecule has 0 aliphatic carbocycles. The fourth-order valence-corrected chi connectivity index (χ4v) is 1.62. The summed E-state index contributed by atoms with van der Waals surface area (Å²) in [6.07, 6.45) is -1.51. The maximum atomic E-state index is 12.3. The summed E-state index contributed by atoms with van der Waals surface area (Å²) in [7, 11) is 0. The maximum absolute atomic E-state index is 12.3. The molecule has 1 fully saturated rings. The number of rotatable bonds is 2. The molecular formula is C9H12F2N2O. The summed E-state index contributed by atoms with van der Waals surface area (Å²) in [6.45, 7) is 0.599. The van der Waals surface area contributed by atoms with E-state index in [1.54, 1.807) is 6.07 Å². The minimum Gasteiger partial charge on any atom is -0.341 e. The van der Waals surface area contributed by atoms with Gasteiger partial charge in [-0.3, -0.25) is 4.79 Å². The minimum absolute atomic E-state index is 0.0954. The van der Waals surface area contributed by atoms with Gasteiger partial charge in [-0.1, -0.05) is 0 Å². The molecule has 0 N–H and O–H groups in total. The molecule has 0 bridgehead atoms. The molecule has 1 aliphatic heterocycles. The van der Waals surface area contributed by atoms with Gasteiger partial charge >= 0.3 is 0 Å². The van der Waals surface area contributed by atoms with E-state index in [4.69, 9.17) is 5.26 Å². The van der Waals surface area contributed by atoms with E-state index < -0.39 is 12.3 Å². The highest BCUT2D eigenvalue weighted by Gasteiger charge is 2.28. The second-order valence-electron chi connectivity index (χ2n) is 3.41. The van der Waals surface area contributed by atoms with Crippen LogP contribution in [0.5, 0.6) is 0 Å². The Bertz CT molecular complexity index is 250. The van der Waals surface area contributed by atoms with Crippen LogP contribution in [0.3, 0.4) is 0 Å². The van der Waals surface area contributed by atoms with Crippen molar-refractivity contribution < 1.29 is 13.6 Å². The first-order valence-corrected chi connectivity index (χ1v) is 4.58. The lowest BCUT2D eigenvalue weighted by molar-refractivity contribution is -0.133. The molecule has 1 atom stereocenters. The largest absolute Gasteiger partial charge is 0.341 e. The van der Waals surface area contributed by atoms with Crippen molar-refractivity contribution in [1.82, 2.24) is 4.90 Å². The van der Waals surface area contributed by atoms with Crippen molar-refractivity contribution in [3.63, 3.8) is 0 Å². The Balaban J connectivity index is 2.48. The van der Waals surface area contributed by atoms with E-state index in [2.05, 4.69) is 0 Å². The SMILES string of the molecule is N#CCC(=O)N1CCC[C@H](C(F)F)C1. The van der Waals surface area contributed by atoms with Gasteiger partial charge in [0.1, 0.15) is 6.42 Å². The number of piperidine rings is 1. The van der Waals surface area contributed by atoms with Gasteiger partial charge in [-0.05, 0) is 12.8 Å². The fourth-order valence-electron chi connectivity index (χ4n) is 1.62. The Kier molecular flexibility index (Phi) is 3.81. The zero-order valence-electron chi connectivity index (χ0n) is 7.75. The molecule has 0 unspecified atom stereocenters. The van der Waals surface area contributed by atoms with Gasteiger partial charge in [-0.2, -0.15) is 5.26 Å². The molecule has 78 valence electrons. The second-order valence-corrected chi connectivity index (χ2v) is 3.41. The molecule has 0 spiro atoms. The highest BCUT2D eigenvalue weighted by molar-refractivity contribution is 5.78. The molecule has 1 amide bonds. The van der Waals surface area contributed by atoms with Crippen LogP contribution in [0, 0.1) is 17.2 Å². The van der Waals surface area contributed by atoms with Crippen LogP contribution in [0.15, 0.2) is 0 Å². The smallest absolute Gasteiger partial charge is 0.243 e. The predicted octanol–water partition coefficient (Wildman–Crippen LogP) is 1.40. The number of amides is 1. The lowest BCUT2D eigenvalue weighted by atomic mass is 9.98. The van der Waals surface area contributed by atoms with Gasteiger partial charge in [0, 0.05) is 19.0 Å². The zero-order valence-corrected chi connectivity index (χ0v) is 7.75. The van der Waals surface area contributed by atoms with Gasteiger partial charge in [0.05, 0.1) is 6.07 Å². The molecule has 0 aromatic heterocycles. The highest BCUT2D eigenvalue weighted by atomic mass is 19.3. The van der Waals surface area contributed by atoms with Gasteiger partial charge < -0.3 is 4.90 Å². The van der Waals surface area contributed by atoms with Crippen LogP contribution in [0.4, 0.5) is 8.78 Å². The Morgan fingerprint density at radius 2 is 2.36 bits per heavy atom. The average molecular weight is 202 g/mol. The first-order chi connectivity index (χ1) is 6.65. The number of hydrogen-bond donors (Lipinski definition) is 0. The number of carbonyl (C=O) groups excluding carboxylic acids is 1. The lowest BCUT2D eigenvalue weighted by Gasteiger charge is -2.31. The zero-order chi connectivity index (χ0) is 10.6. The summed E-state index contributed by atoms with van der Waals surface area (Å²) in [6, 6.07) is 1.73. The quantitative estimate of drug-likeness (QED) is 0.679. The van der Waals surface area contributed by atoms with Crippen molar-refractivity contribution in [2.75, 3.05) is 13.1 Å². The topological polar surface area (TPSA) is 44.1 Å². The Morgan fingerprint density at radius 3 is 2.93 bits per heavy atom. The second kappa shape index (κ2) is 4.89. The Morgan fingerprint density at radius 1 is 1.64 bits per heavy atom. The van der Waals surface area contributed by atoms with Crippen LogP contribution in [-0.4, -0.2) is 30.3 Å². The number of alkyl halides is 2. The molecule has 5 heteroatoms. The van der Waals surface area contributed by atoms with E-state index >= 15 is 0 Å². The number of likely N-dealkylation sites (tertiary alicyclic amines) is 1. The van der Waals surface area contributed by atoms with Crippen LogP contribution in [0.25, 0.3) is 0 Å². The average Bonchev–Trinajstić information content (AvgIpc) is 2.18. The normalized spacial score (nSPS) is 22.1. The molecule has 0 radical (unpaired) electrons. The number of carbonyl (C=O) groups is 1. The molecule has 1 rings (SSSR count). The molecule has 14 heavy (non-hydrogen) atoms. The fraction of sp³-hybridized carbons (Fsp3) is 0.778. The third-order valence-corrected chi connectivity index (χ3v) is 2.40. The third kappa shape index (κ3) is 2.66. The molecule has 0 aromatic carbocycles. The van der Waals surface area contributed by atoms with Gasteiger partial charge in [-0.15, -0.1) is 0 Å². The lowest BCUT2D eigenvalue weighted by Crippen LogP contribution is -2.41. The van der Waals surface area contributed by atoms with E-state index in [-0.39, 0.29) is 18.9 Å². The standard InChI is InChI=1S/C9H12F2N2O/c10-9(11)7-2-1-5-13(6-7)8(14)3-4-12/h7,9H,1-3,5-6H2/t7-/m0/s1. The van der Waals surface area contributed by atoms with Crippen LogP contribution in [0.2, 0.25) is 0 Å². The first-order valence-electron chi connectivity index (χ1n) is 4.58. The van der Waals surface area contributed by atoms with E-state index in [1.165, 1.54) is 4.90 Å². The number of halogens is 2. The van der Waals surface area contributed by atoms with Crippen molar-refractivity contribution in [3.05, 3.63) is 0 Å². The summed E-state index contributed by atoms with van der Waals surface area (Å²) in [5.74, 6) is -1.05. The number of hydrogen-bond acceptors (Lipinski definition) is 2. The molecule has 0 saturated carbocycles. The minimum atomic E-state index is -2.37. The number of nitrogens with zero attached hydrogens (tertiary/aromatic N) is 2. The summed E-state index contributed by atoms with van der Waals surface area (Å²) >= 11 is 0. The van der Waals surface area contributed by atoms with Crippen LogP contribution in [0.1, 0.15) is 19.3 Å². The van der Waals surface area contributed by atoms with Crippen molar-refractivity contribution in [2.24, 2.45) is 5.92 Å². The van der Waals surface area contributed by atoms with E-state index in [1.807, 2.05) is 0 Å². The Hall–Kier alpha value is -1.18. The Labute approximate surface area is 81.3 Å². The van der Waals surface area contributed by atoms with Gasteiger partial charge in [0.15, 0.2) is 0 Å². The summed E-state index contributed by atoms with van der Waals surface area (Å²) in [5, 5.41) is 8.30. The molecular weight excluding hydrogens is 190 g/mol.